The average molecular weight is 453 g/mol. The molecule has 7 nitrogen and oxygen atoms in total. The lowest BCUT2D eigenvalue weighted by molar-refractivity contribution is -0.137. The molecule has 33 heavy (non-hydrogen) atoms. The minimum Gasteiger partial charge on any atom is -0.497 e. The summed E-state index contributed by atoms with van der Waals surface area (Å²) in [5.74, 6) is -2.30. The van der Waals surface area contributed by atoms with Gasteiger partial charge in [-0.1, -0.05) is 24.3 Å². The Hall–Kier alpha value is -4.01. The van der Waals surface area contributed by atoms with Crippen LogP contribution in [0.15, 0.2) is 59.5 Å². The highest BCUT2D eigenvalue weighted by atomic mass is 19.2. The highest BCUT2D eigenvalue weighted by Gasteiger charge is 2.17. The van der Waals surface area contributed by atoms with Gasteiger partial charge in [0, 0.05) is 18.0 Å². The number of benzene rings is 2. The van der Waals surface area contributed by atoms with Gasteiger partial charge in [0.25, 0.3) is 0 Å². The molecular weight excluding hydrogens is 432 g/mol. The Morgan fingerprint density at radius 2 is 1.88 bits per heavy atom. The number of fused-ring (bicyclic) bond motifs is 1. The van der Waals surface area contributed by atoms with E-state index in [0.29, 0.717) is 18.0 Å². The lowest BCUT2D eigenvalue weighted by Gasteiger charge is -2.13. The van der Waals surface area contributed by atoms with Gasteiger partial charge >= 0.3 is 5.97 Å². The highest BCUT2D eigenvalue weighted by molar-refractivity contribution is 5.77. The van der Waals surface area contributed by atoms with Crippen molar-refractivity contribution in [2.24, 2.45) is 0 Å². The van der Waals surface area contributed by atoms with Gasteiger partial charge in [-0.15, -0.1) is 0 Å². The molecule has 2 aromatic carbocycles. The van der Waals surface area contributed by atoms with Gasteiger partial charge in [0.2, 0.25) is 0 Å². The van der Waals surface area contributed by atoms with Crippen molar-refractivity contribution in [3.63, 3.8) is 0 Å². The molecular formula is C24H21F2N3O4. The zero-order valence-electron chi connectivity index (χ0n) is 17.8. The third kappa shape index (κ3) is 4.77. The molecule has 2 aromatic heterocycles. The molecule has 0 atom stereocenters. The van der Waals surface area contributed by atoms with Crippen molar-refractivity contribution in [1.29, 1.82) is 0 Å². The number of aryl methyl sites for hydroxylation is 2. The van der Waals surface area contributed by atoms with Gasteiger partial charge in [0.1, 0.15) is 12.3 Å². The van der Waals surface area contributed by atoms with Crippen molar-refractivity contribution in [3.05, 3.63) is 93.4 Å². The third-order valence-corrected chi connectivity index (χ3v) is 5.39. The molecule has 0 aliphatic heterocycles. The number of halogens is 2. The fourth-order valence-electron chi connectivity index (χ4n) is 3.75. The Labute approximate surface area is 187 Å². The Morgan fingerprint density at radius 3 is 2.58 bits per heavy atom. The minimum atomic E-state index is -1.11. The largest absolute Gasteiger partial charge is 0.497 e. The van der Waals surface area contributed by atoms with Gasteiger partial charge in [0.15, 0.2) is 22.7 Å². The number of carboxylic acids is 1. The van der Waals surface area contributed by atoms with Crippen molar-refractivity contribution >= 4 is 17.0 Å². The second kappa shape index (κ2) is 9.23. The number of rotatable bonds is 8. The van der Waals surface area contributed by atoms with E-state index in [9.17, 15) is 23.5 Å². The normalized spacial score (nSPS) is 11.1. The predicted octanol–water partition coefficient (Wildman–Crippen LogP) is 3.40. The highest BCUT2D eigenvalue weighted by Crippen LogP contribution is 2.18. The summed E-state index contributed by atoms with van der Waals surface area (Å²) >= 11 is 0. The van der Waals surface area contributed by atoms with Crippen LogP contribution in [0.3, 0.4) is 0 Å². The molecule has 0 bridgehead atoms. The summed E-state index contributed by atoms with van der Waals surface area (Å²) in [4.78, 5) is 24.3. The molecule has 0 aliphatic rings. The van der Waals surface area contributed by atoms with Crippen LogP contribution in [0.2, 0.25) is 0 Å². The van der Waals surface area contributed by atoms with Crippen LogP contribution in [0.1, 0.15) is 16.8 Å². The van der Waals surface area contributed by atoms with Gasteiger partial charge < -0.3 is 14.4 Å². The zero-order chi connectivity index (χ0) is 23.5. The molecule has 0 radical (unpaired) electrons. The van der Waals surface area contributed by atoms with Crippen molar-refractivity contribution in [2.75, 3.05) is 7.11 Å². The first kappa shape index (κ1) is 22.2. The maximum absolute atomic E-state index is 14.0. The van der Waals surface area contributed by atoms with Crippen molar-refractivity contribution < 1.29 is 23.4 Å². The lowest BCUT2D eigenvalue weighted by atomic mass is 10.1. The zero-order valence-corrected chi connectivity index (χ0v) is 17.8. The lowest BCUT2D eigenvalue weighted by Crippen LogP contribution is -2.19. The molecule has 2 heterocycles. The summed E-state index contributed by atoms with van der Waals surface area (Å²) in [5, 5.41) is 14.2. The average Bonchev–Trinajstić information content (AvgIpc) is 3.22. The molecule has 0 spiro atoms. The second-order valence-electron chi connectivity index (χ2n) is 7.60. The molecule has 170 valence electrons. The van der Waals surface area contributed by atoms with Crippen LogP contribution in [0.4, 0.5) is 8.78 Å². The van der Waals surface area contributed by atoms with Gasteiger partial charge in [-0.25, -0.2) is 8.78 Å². The molecule has 0 saturated heterocycles. The van der Waals surface area contributed by atoms with E-state index in [2.05, 4.69) is 5.10 Å². The molecule has 4 aromatic rings. The number of ether oxygens (including phenoxy) is 1. The summed E-state index contributed by atoms with van der Waals surface area (Å²) in [5.41, 5.74) is 1.36. The van der Waals surface area contributed by atoms with Gasteiger partial charge in [-0.05, 0) is 42.2 Å². The molecule has 0 fully saturated rings. The van der Waals surface area contributed by atoms with Crippen LogP contribution in [-0.2, 0) is 30.7 Å². The molecule has 9 heteroatoms. The molecule has 0 saturated carbocycles. The fourth-order valence-corrected chi connectivity index (χ4v) is 3.75. The Morgan fingerprint density at radius 1 is 1.12 bits per heavy atom. The Bertz CT molecular complexity index is 1380. The molecule has 1 N–H and O–H groups in total. The number of hydrogen-bond donors (Lipinski definition) is 1. The monoisotopic (exact) mass is 453 g/mol. The summed E-state index contributed by atoms with van der Waals surface area (Å²) in [6.45, 7) is -0.0493. The summed E-state index contributed by atoms with van der Waals surface area (Å²) < 4.78 is 35.7. The van der Waals surface area contributed by atoms with Crippen molar-refractivity contribution in [2.45, 2.75) is 25.9 Å². The van der Waals surface area contributed by atoms with Crippen LogP contribution in [-0.4, -0.2) is 32.5 Å². The van der Waals surface area contributed by atoms with E-state index < -0.39 is 24.1 Å². The number of nitrogens with zero attached hydrogens (tertiary/aromatic N) is 3. The van der Waals surface area contributed by atoms with Gasteiger partial charge in [-0.3, -0.25) is 14.3 Å². The summed E-state index contributed by atoms with van der Waals surface area (Å²) in [6.07, 6.45) is 1.82. The van der Waals surface area contributed by atoms with E-state index >= 15 is 0 Å². The van der Waals surface area contributed by atoms with Crippen LogP contribution >= 0.6 is 0 Å². The van der Waals surface area contributed by atoms with E-state index in [-0.39, 0.29) is 34.9 Å². The second-order valence-corrected chi connectivity index (χ2v) is 7.60. The summed E-state index contributed by atoms with van der Waals surface area (Å²) in [7, 11) is 1.58. The first-order valence-electron chi connectivity index (χ1n) is 10.2. The van der Waals surface area contributed by atoms with Crippen LogP contribution < -0.4 is 10.2 Å². The maximum atomic E-state index is 14.0. The minimum absolute atomic E-state index is 0.0979. The number of carboxylic acid groups (broad SMARTS) is 1. The first-order valence-corrected chi connectivity index (χ1v) is 10.2. The van der Waals surface area contributed by atoms with E-state index in [1.807, 2.05) is 24.3 Å². The quantitative estimate of drug-likeness (QED) is 0.442. The maximum Gasteiger partial charge on any atom is 0.323 e. The smallest absolute Gasteiger partial charge is 0.323 e. The first-order chi connectivity index (χ1) is 15.9. The van der Waals surface area contributed by atoms with E-state index in [4.69, 9.17) is 4.74 Å². The standard InChI is InChI=1S/C24H21F2N3O4/c1-33-18-9-5-15(6-10-18)12-28-13-19-21(30)11-17(29(14-22(31)32)24(19)27-28)8-7-16-3-2-4-20(25)23(16)26/h2-6,9-11,13H,7-8,12,14H2,1H3,(H,31,32). The van der Waals surface area contributed by atoms with Gasteiger partial charge in [-0.2, -0.15) is 5.10 Å². The molecule has 0 aliphatic carbocycles. The molecule has 0 unspecified atom stereocenters. The van der Waals surface area contributed by atoms with E-state index in [1.165, 1.54) is 22.8 Å². The Kier molecular flexibility index (Phi) is 6.21. The number of carbonyl (C=O) groups is 1. The summed E-state index contributed by atoms with van der Waals surface area (Å²) in [6, 6.07) is 12.6. The predicted molar refractivity (Wildman–Crippen MR) is 117 cm³/mol. The van der Waals surface area contributed by atoms with Crippen LogP contribution in [0, 0.1) is 11.6 Å². The topological polar surface area (TPSA) is 86.3 Å². The number of pyridine rings is 1. The molecule has 0 amide bonds. The fraction of sp³-hybridized carbons (Fsp3) is 0.208. The van der Waals surface area contributed by atoms with Crippen LogP contribution in [0.5, 0.6) is 5.75 Å². The van der Waals surface area contributed by atoms with E-state index in [0.717, 1.165) is 11.6 Å². The van der Waals surface area contributed by atoms with Gasteiger partial charge in [0.05, 0.1) is 19.0 Å². The SMILES string of the molecule is COc1ccc(Cn2cc3c(=O)cc(CCc4cccc(F)c4F)n(CC(=O)O)c3n2)cc1. The number of hydrogen-bond acceptors (Lipinski definition) is 4. The van der Waals surface area contributed by atoms with Crippen molar-refractivity contribution in [1.82, 2.24) is 14.3 Å². The number of aromatic nitrogens is 3. The van der Waals surface area contributed by atoms with Crippen molar-refractivity contribution in [3.8, 4) is 5.75 Å². The molecule has 4 rings (SSSR count). The van der Waals surface area contributed by atoms with E-state index in [1.54, 1.807) is 18.0 Å². The number of aliphatic carboxylic acids is 1. The third-order valence-electron chi connectivity index (χ3n) is 5.39. The number of methoxy groups -OCH3 is 1. The van der Waals surface area contributed by atoms with Crippen LogP contribution in [0.25, 0.3) is 11.0 Å². The Balaban J connectivity index is 1.70.